The molecule has 0 spiro atoms. The minimum absolute atomic E-state index is 0.0246. The summed E-state index contributed by atoms with van der Waals surface area (Å²) in [4.78, 5) is 11.4. The van der Waals surface area contributed by atoms with Gasteiger partial charge >= 0.3 is 0 Å². The predicted octanol–water partition coefficient (Wildman–Crippen LogP) is 1.10. The van der Waals surface area contributed by atoms with E-state index in [1.54, 1.807) is 6.92 Å². The van der Waals surface area contributed by atoms with Crippen molar-refractivity contribution in [2.75, 3.05) is 27.2 Å². The Morgan fingerprint density at radius 2 is 2.00 bits per heavy atom. The number of hydrogen-bond donors (Lipinski definition) is 1. The maximum absolute atomic E-state index is 11.4. The van der Waals surface area contributed by atoms with E-state index >= 15 is 0 Å². The number of unbranched alkanes of at least 4 members (excludes halogenated alkanes) is 1. The molecule has 0 aliphatic heterocycles. The predicted molar refractivity (Wildman–Crippen MR) is 82.9 cm³/mol. The minimum atomic E-state index is -0.0246. The average molecular weight is 272 g/mol. The summed E-state index contributed by atoms with van der Waals surface area (Å²) in [6.07, 6.45) is 3.71. The second-order valence-electron chi connectivity index (χ2n) is 5.88. The normalized spacial score (nSPS) is 13.3. The van der Waals surface area contributed by atoms with Crippen LogP contribution in [0.5, 0.6) is 0 Å². The maximum atomic E-state index is 11.4. The molecule has 1 atom stereocenters. The van der Waals surface area contributed by atoms with Crippen LogP contribution >= 0.6 is 0 Å². The number of carbonyl (C=O) groups is 1. The Hall–Kier alpha value is -0.613. The molecule has 0 aromatic carbocycles. The molecule has 0 radical (unpaired) electrons. The van der Waals surface area contributed by atoms with Crippen molar-refractivity contribution in [3.8, 4) is 0 Å². The molecule has 0 bridgehead atoms. The summed E-state index contributed by atoms with van der Waals surface area (Å²) in [5, 5.41) is 2.91. The molecule has 1 unspecified atom stereocenters. The fraction of sp³-hybridized carbons (Fsp3) is 0.786. The summed E-state index contributed by atoms with van der Waals surface area (Å²) in [5.41, 5.74) is 0.587. The number of hydrogen-bond acceptors (Lipinski definition) is 1. The van der Waals surface area contributed by atoms with Crippen LogP contribution in [0.3, 0.4) is 0 Å². The van der Waals surface area contributed by atoms with E-state index in [4.69, 9.17) is 0 Å². The van der Waals surface area contributed by atoms with Crippen molar-refractivity contribution in [3.05, 3.63) is 12.2 Å². The molecule has 0 saturated heterocycles. The van der Waals surface area contributed by atoms with E-state index < -0.39 is 0 Å². The lowest BCUT2D eigenvalue weighted by molar-refractivity contribution is -0.913. The molecule has 1 N–H and O–H groups in total. The molecule has 1 amide bonds. The largest absolute Gasteiger partial charge is 0.352 e. The molecule has 0 aliphatic rings. The Labute approximate surface area is 116 Å². The van der Waals surface area contributed by atoms with Crippen LogP contribution in [0.15, 0.2) is 12.2 Å². The first-order valence-corrected chi connectivity index (χ1v) is 8.49. The van der Waals surface area contributed by atoms with Gasteiger partial charge in [0.25, 0.3) is 0 Å². The van der Waals surface area contributed by atoms with Crippen LogP contribution in [0.4, 0.5) is 0 Å². The molecule has 106 valence electrons. The van der Waals surface area contributed by atoms with Gasteiger partial charge in [-0.15, -0.1) is 0 Å². The highest BCUT2D eigenvalue weighted by atomic mass is 28.1. The summed E-state index contributed by atoms with van der Waals surface area (Å²) >= 11 is 0. The second-order valence-corrected chi connectivity index (χ2v) is 6.88. The molecule has 0 heterocycles. The highest BCUT2D eigenvalue weighted by Gasteiger charge is 2.22. The summed E-state index contributed by atoms with van der Waals surface area (Å²) in [5.74, 6) is -0.0246. The van der Waals surface area contributed by atoms with Gasteiger partial charge < -0.3 is 9.80 Å². The third kappa shape index (κ3) is 6.96. The fourth-order valence-electron chi connectivity index (χ4n) is 1.88. The van der Waals surface area contributed by atoms with Crippen molar-refractivity contribution < 1.29 is 9.28 Å². The molecule has 0 rings (SSSR count). The van der Waals surface area contributed by atoms with Crippen molar-refractivity contribution in [2.45, 2.75) is 45.2 Å². The molecular formula is C14H31N2OSi+. The number of amides is 1. The lowest BCUT2D eigenvalue weighted by Gasteiger charge is -2.36. The Balaban J connectivity index is 3.95. The van der Waals surface area contributed by atoms with Crippen molar-refractivity contribution in [3.63, 3.8) is 0 Å². The van der Waals surface area contributed by atoms with Crippen LogP contribution in [0.2, 0.25) is 6.04 Å². The van der Waals surface area contributed by atoms with Crippen molar-refractivity contribution in [1.29, 1.82) is 0 Å². The van der Waals surface area contributed by atoms with Crippen LogP contribution in [0.1, 0.15) is 33.1 Å². The lowest BCUT2D eigenvalue weighted by Crippen LogP contribution is -2.49. The number of nitrogens with one attached hydrogen (secondary N) is 1. The number of quaternary nitrogens is 1. The van der Waals surface area contributed by atoms with Gasteiger partial charge in [0, 0.05) is 28.8 Å². The third-order valence-electron chi connectivity index (χ3n) is 3.77. The SMILES string of the molecule is C=C(C)C(=O)NCCC(C)[N+](C)(C)CCCC[SiH3]. The number of rotatable bonds is 9. The Morgan fingerprint density at radius 1 is 1.39 bits per heavy atom. The van der Waals surface area contributed by atoms with Crippen LogP contribution in [-0.2, 0) is 4.79 Å². The molecule has 0 saturated carbocycles. The van der Waals surface area contributed by atoms with Crippen molar-refractivity contribution in [2.24, 2.45) is 0 Å². The third-order valence-corrected chi connectivity index (χ3v) is 4.47. The quantitative estimate of drug-likeness (QED) is 0.289. The Kier molecular flexibility index (Phi) is 8.19. The molecule has 3 nitrogen and oxygen atoms in total. The first-order valence-electron chi connectivity index (χ1n) is 7.07. The molecule has 0 aromatic rings. The van der Waals surface area contributed by atoms with Crippen LogP contribution < -0.4 is 5.32 Å². The Bertz CT molecular complexity index is 277. The van der Waals surface area contributed by atoms with Gasteiger partial charge in [-0.3, -0.25) is 4.79 Å². The van der Waals surface area contributed by atoms with E-state index in [1.165, 1.54) is 35.7 Å². The molecule has 4 heteroatoms. The highest BCUT2D eigenvalue weighted by Crippen LogP contribution is 2.12. The standard InChI is InChI=1S/C14H30N2OSi/c1-12(2)14(17)15-9-8-13(3)16(4,5)10-6-7-11-18/h13H,1,6-11H2,2-5,18H3/p+1. The van der Waals surface area contributed by atoms with Gasteiger partial charge in [-0.1, -0.05) is 19.0 Å². The van der Waals surface area contributed by atoms with Gasteiger partial charge in [-0.05, 0) is 20.3 Å². The molecule has 0 fully saturated rings. The van der Waals surface area contributed by atoms with Crippen molar-refractivity contribution >= 4 is 16.1 Å². The first-order chi connectivity index (χ1) is 8.31. The minimum Gasteiger partial charge on any atom is -0.352 e. The van der Waals surface area contributed by atoms with Gasteiger partial charge in [0.1, 0.15) is 0 Å². The van der Waals surface area contributed by atoms with Gasteiger partial charge in [0.15, 0.2) is 0 Å². The van der Waals surface area contributed by atoms with Gasteiger partial charge in [0.05, 0.1) is 26.7 Å². The first kappa shape index (κ1) is 17.4. The highest BCUT2D eigenvalue weighted by molar-refractivity contribution is 6.08. The zero-order valence-electron chi connectivity index (χ0n) is 12.9. The molecule has 0 aromatic heterocycles. The monoisotopic (exact) mass is 271 g/mol. The zero-order valence-corrected chi connectivity index (χ0v) is 14.9. The summed E-state index contributed by atoms with van der Waals surface area (Å²) < 4.78 is 1.05. The smallest absolute Gasteiger partial charge is 0.246 e. The molecule has 18 heavy (non-hydrogen) atoms. The van der Waals surface area contributed by atoms with E-state index in [0.717, 1.165) is 17.4 Å². The number of nitrogens with zero attached hydrogens (tertiary/aromatic N) is 1. The summed E-state index contributed by atoms with van der Waals surface area (Å²) in [6, 6.07) is 1.98. The zero-order chi connectivity index (χ0) is 14.2. The topological polar surface area (TPSA) is 29.1 Å². The second kappa shape index (κ2) is 8.48. The maximum Gasteiger partial charge on any atom is 0.246 e. The van der Waals surface area contributed by atoms with Gasteiger partial charge in [-0.25, -0.2) is 0 Å². The van der Waals surface area contributed by atoms with E-state index in [9.17, 15) is 4.79 Å². The van der Waals surface area contributed by atoms with Gasteiger partial charge in [0.2, 0.25) is 5.91 Å². The fourth-order valence-corrected chi connectivity index (χ4v) is 2.38. The molecule has 0 aliphatic carbocycles. The van der Waals surface area contributed by atoms with E-state index in [1.807, 2.05) is 0 Å². The van der Waals surface area contributed by atoms with Crippen LogP contribution in [0.25, 0.3) is 0 Å². The summed E-state index contributed by atoms with van der Waals surface area (Å²) in [6.45, 7) is 9.63. The summed E-state index contributed by atoms with van der Waals surface area (Å²) in [7, 11) is 5.90. The van der Waals surface area contributed by atoms with E-state index in [0.29, 0.717) is 11.6 Å². The molecular weight excluding hydrogens is 240 g/mol. The van der Waals surface area contributed by atoms with Crippen molar-refractivity contribution in [1.82, 2.24) is 5.32 Å². The average Bonchev–Trinajstić information content (AvgIpc) is 2.28. The van der Waals surface area contributed by atoms with Crippen LogP contribution in [-0.4, -0.2) is 53.9 Å². The Morgan fingerprint density at radius 3 is 2.50 bits per heavy atom. The lowest BCUT2D eigenvalue weighted by atomic mass is 10.1. The number of carbonyl (C=O) groups excluding carboxylic acids is 1. The van der Waals surface area contributed by atoms with Gasteiger partial charge in [-0.2, -0.15) is 0 Å². The van der Waals surface area contributed by atoms with E-state index in [-0.39, 0.29) is 5.91 Å². The van der Waals surface area contributed by atoms with E-state index in [2.05, 4.69) is 32.9 Å². The van der Waals surface area contributed by atoms with Crippen LogP contribution in [0, 0.1) is 0 Å².